The summed E-state index contributed by atoms with van der Waals surface area (Å²) in [5.74, 6) is 0.751. The molecule has 3 rings (SSSR count). The van der Waals surface area contributed by atoms with Gasteiger partial charge in [-0.05, 0) is 19.1 Å². The lowest BCUT2D eigenvalue weighted by Gasteiger charge is -2.10. The van der Waals surface area contributed by atoms with E-state index in [4.69, 9.17) is 5.73 Å². The molecule has 1 aromatic heterocycles. The summed E-state index contributed by atoms with van der Waals surface area (Å²) in [5, 5.41) is 11.4. The van der Waals surface area contributed by atoms with Crippen molar-refractivity contribution in [2.45, 2.75) is 18.5 Å². The fraction of sp³-hybridized carbons (Fsp3) is 0.158. The molecule has 0 saturated carbocycles. The number of nitrogens with one attached hydrogen (secondary N) is 1. The monoisotopic (exact) mass is 381 g/mol. The fourth-order valence-corrected chi connectivity index (χ4v) is 3.39. The first-order chi connectivity index (χ1) is 13.0. The molecule has 0 saturated heterocycles. The first-order valence-electron chi connectivity index (χ1n) is 8.34. The number of amides is 3. The Morgan fingerprint density at radius 3 is 2.44 bits per heavy atom. The van der Waals surface area contributed by atoms with Gasteiger partial charge in [0, 0.05) is 23.4 Å². The van der Waals surface area contributed by atoms with Crippen molar-refractivity contribution in [1.82, 2.24) is 20.1 Å². The van der Waals surface area contributed by atoms with Crippen molar-refractivity contribution in [2.75, 3.05) is 5.75 Å². The summed E-state index contributed by atoms with van der Waals surface area (Å²) >= 11 is 1.39. The number of imide groups is 1. The maximum Gasteiger partial charge on any atom is 0.318 e. The van der Waals surface area contributed by atoms with Crippen LogP contribution >= 0.6 is 11.8 Å². The van der Waals surface area contributed by atoms with Gasteiger partial charge in [0.25, 0.3) is 0 Å². The lowest BCUT2D eigenvalue weighted by atomic mass is 10.2. The van der Waals surface area contributed by atoms with E-state index in [9.17, 15) is 9.59 Å². The number of carbonyl (C=O) groups excluding carboxylic acids is 2. The number of rotatable bonds is 6. The molecule has 0 radical (unpaired) electrons. The second-order valence-corrected chi connectivity index (χ2v) is 6.92. The molecule has 8 heteroatoms. The number of nitrogens with two attached hydrogens (primary N) is 1. The lowest BCUT2D eigenvalue weighted by Crippen LogP contribution is -2.35. The van der Waals surface area contributed by atoms with Crippen molar-refractivity contribution < 1.29 is 9.59 Å². The Morgan fingerprint density at radius 2 is 1.78 bits per heavy atom. The molecule has 1 heterocycles. The molecule has 0 atom stereocenters. The third-order valence-corrected chi connectivity index (χ3v) is 4.71. The van der Waals surface area contributed by atoms with Gasteiger partial charge in [0.05, 0.1) is 0 Å². The number of aryl methyl sites for hydroxylation is 1. The van der Waals surface area contributed by atoms with Crippen LogP contribution in [0.25, 0.3) is 17.1 Å². The molecule has 0 bridgehead atoms. The van der Waals surface area contributed by atoms with Crippen LogP contribution in [0.4, 0.5) is 4.79 Å². The minimum absolute atomic E-state index is 0.148. The van der Waals surface area contributed by atoms with E-state index in [-0.39, 0.29) is 6.42 Å². The van der Waals surface area contributed by atoms with Gasteiger partial charge in [0.15, 0.2) is 11.0 Å². The maximum absolute atomic E-state index is 11.6. The smallest absolute Gasteiger partial charge is 0.318 e. The van der Waals surface area contributed by atoms with Gasteiger partial charge in [-0.25, -0.2) is 4.79 Å². The summed E-state index contributed by atoms with van der Waals surface area (Å²) in [7, 11) is 0. The molecule has 3 N–H and O–H groups in total. The van der Waals surface area contributed by atoms with E-state index in [1.54, 1.807) is 0 Å². The third-order valence-electron chi connectivity index (χ3n) is 3.78. The first-order valence-corrected chi connectivity index (χ1v) is 9.33. The Morgan fingerprint density at radius 1 is 1.07 bits per heavy atom. The Balaban J connectivity index is 1.87. The highest BCUT2D eigenvalue weighted by Gasteiger charge is 2.16. The van der Waals surface area contributed by atoms with Crippen LogP contribution in [0.1, 0.15) is 12.0 Å². The summed E-state index contributed by atoms with van der Waals surface area (Å²) in [6.07, 6.45) is 0.148. The minimum Gasteiger partial charge on any atom is -0.351 e. The molecule has 0 fully saturated rings. The number of aromatic nitrogens is 3. The Hall–Kier alpha value is -3.13. The fourth-order valence-electron chi connectivity index (χ4n) is 2.50. The van der Waals surface area contributed by atoms with Gasteiger partial charge in [0.1, 0.15) is 0 Å². The number of hydrogen-bond acceptors (Lipinski definition) is 5. The molecule has 0 aliphatic heterocycles. The normalized spacial score (nSPS) is 10.6. The molecule has 0 aliphatic carbocycles. The second kappa shape index (κ2) is 8.50. The van der Waals surface area contributed by atoms with Gasteiger partial charge in [0.2, 0.25) is 5.91 Å². The van der Waals surface area contributed by atoms with Crippen LogP contribution in [0.5, 0.6) is 0 Å². The molecule has 0 unspecified atom stereocenters. The van der Waals surface area contributed by atoms with E-state index in [2.05, 4.69) is 15.5 Å². The Bertz CT molecular complexity index is 938. The van der Waals surface area contributed by atoms with Crippen molar-refractivity contribution in [3.8, 4) is 17.1 Å². The number of thioether (sulfide) groups is 1. The summed E-state index contributed by atoms with van der Waals surface area (Å²) in [6.45, 7) is 2.03. The molecular weight excluding hydrogens is 362 g/mol. The van der Waals surface area contributed by atoms with Crippen molar-refractivity contribution in [2.24, 2.45) is 5.73 Å². The van der Waals surface area contributed by atoms with E-state index < -0.39 is 11.9 Å². The van der Waals surface area contributed by atoms with E-state index in [0.29, 0.717) is 10.9 Å². The molecule has 7 nitrogen and oxygen atoms in total. The molecule has 3 amide bonds. The predicted molar refractivity (Wildman–Crippen MR) is 105 cm³/mol. The number of carbonyl (C=O) groups is 2. The third kappa shape index (κ3) is 4.73. The highest BCUT2D eigenvalue weighted by molar-refractivity contribution is 7.99. The van der Waals surface area contributed by atoms with Crippen molar-refractivity contribution in [1.29, 1.82) is 0 Å². The van der Waals surface area contributed by atoms with Crippen LogP contribution in [0.2, 0.25) is 0 Å². The summed E-state index contributed by atoms with van der Waals surface area (Å²) in [5.41, 5.74) is 8.00. The van der Waals surface area contributed by atoms with Gasteiger partial charge < -0.3 is 5.73 Å². The molecule has 2 aromatic carbocycles. The molecule has 138 valence electrons. The SMILES string of the molecule is Cc1ccc(-n2c(SCCC(=O)NC(N)=O)nnc2-c2ccccc2)cc1. The first kappa shape index (κ1) is 18.7. The van der Waals surface area contributed by atoms with Crippen LogP contribution in [0, 0.1) is 6.92 Å². The average Bonchev–Trinajstić information content (AvgIpc) is 3.06. The standard InChI is InChI=1S/C19H19N5O2S/c1-13-7-9-15(10-8-13)24-17(14-5-3-2-4-6-14)22-23-19(24)27-12-11-16(25)21-18(20)26/h2-10H,11-12H2,1H3,(H3,20,21,25,26). The van der Waals surface area contributed by atoms with Crippen LogP contribution in [0.3, 0.4) is 0 Å². The molecule has 0 spiro atoms. The van der Waals surface area contributed by atoms with Gasteiger partial charge >= 0.3 is 6.03 Å². The quantitative estimate of drug-likeness (QED) is 0.639. The van der Waals surface area contributed by atoms with Crippen molar-refractivity contribution in [3.63, 3.8) is 0 Å². The zero-order valence-electron chi connectivity index (χ0n) is 14.8. The van der Waals surface area contributed by atoms with Crippen LogP contribution in [0.15, 0.2) is 59.8 Å². The Kier molecular flexibility index (Phi) is 5.87. The van der Waals surface area contributed by atoms with E-state index in [0.717, 1.165) is 22.6 Å². The van der Waals surface area contributed by atoms with Gasteiger partial charge in [-0.3, -0.25) is 14.7 Å². The van der Waals surface area contributed by atoms with E-state index in [1.807, 2.05) is 66.1 Å². The number of hydrogen-bond donors (Lipinski definition) is 2. The van der Waals surface area contributed by atoms with E-state index >= 15 is 0 Å². The number of urea groups is 1. The number of benzene rings is 2. The van der Waals surface area contributed by atoms with Crippen molar-refractivity contribution >= 4 is 23.7 Å². The van der Waals surface area contributed by atoms with Crippen LogP contribution in [-0.4, -0.2) is 32.5 Å². The average molecular weight is 381 g/mol. The molecule has 0 aliphatic rings. The number of primary amides is 1. The van der Waals surface area contributed by atoms with Gasteiger partial charge in [-0.15, -0.1) is 10.2 Å². The van der Waals surface area contributed by atoms with E-state index in [1.165, 1.54) is 11.8 Å². The lowest BCUT2D eigenvalue weighted by molar-refractivity contribution is -0.119. The largest absolute Gasteiger partial charge is 0.351 e. The maximum atomic E-state index is 11.6. The molecule has 27 heavy (non-hydrogen) atoms. The molecule has 3 aromatic rings. The predicted octanol–water partition coefficient (Wildman–Crippen LogP) is 2.92. The topological polar surface area (TPSA) is 103 Å². The number of nitrogens with zero attached hydrogens (tertiary/aromatic N) is 3. The van der Waals surface area contributed by atoms with Crippen LogP contribution in [-0.2, 0) is 4.79 Å². The van der Waals surface area contributed by atoms with Gasteiger partial charge in [-0.2, -0.15) is 0 Å². The minimum atomic E-state index is -0.848. The Labute approximate surface area is 161 Å². The zero-order chi connectivity index (χ0) is 19.2. The van der Waals surface area contributed by atoms with Crippen LogP contribution < -0.4 is 11.1 Å². The second-order valence-electron chi connectivity index (χ2n) is 5.85. The highest BCUT2D eigenvalue weighted by Crippen LogP contribution is 2.28. The summed E-state index contributed by atoms with van der Waals surface area (Å²) in [4.78, 5) is 22.3. The van der Waals surface area contributed by atoms with Gasteiger partial charge in [-0.1, -0.05) is 59.8 Å². The summed E-state index contributed by atoms with van der Waals surface area (Å²) in [6, 6.07) is 17.0. The molecular formula is C19H19N5O2S. The highest BCUT2D eigenvalue weighted by atomic mass is 32.2. The van der Waals surface area contributed by atoms with Crippen molar-refractivity contribution in [3.05, 3.63) is 60.2 Å². The summed E-state index contributed by atoms with van der Waals surface area (Å²) < 4.78 is 1.96. The zero-order valence-corrected chi connectivity index (χ0v) is 15.6.